The topological polar surface area (TPSA) is 113 Å². The minimum absolute atomic E-state index is 0.0631. The number of rotatable bonds is 9. The molecule has 0 aromatic heterocycles. The van der Waals surface area contributed by atoms with Gasteiger partial charge in [0, 0.05) is 22.8 Å². The summed E-state index contributed by atoms with van der Waals surface area (Å²) < 4.78 is 44.3. The summed E-state index contributed by atoms with van der Waals surface area (Å²) in [5.41, 5.74) is 3.14. The van der Waals surface area contributed by atoms with Crippen LogP contribution in [0.25, 0.3) is 0 Å². The van der Waals surface area contributed by atoms with Gasteiger partial charge in [-0.05, 0) is 58.9 Å². The van der Waals surface area contributed by atoms with Gasteiger partial charge in [0.2, 0.25) is 5.91 Å². The highest BCUT2D eigenvalue weighted by atomic mass is 35.5. The summed E-state index contributed by atoms with van der Waals surface area (Å²) in [6.07, 6.45) is 0.300. The third kappa shape index (κ3) is 8.65. The molecule has 1 atom stereocenters. The van der Waals surface area contributed by atoms with Gasteiger partial charge >= 0.3 is 0 Å². The van der Waals surface area contributed by atoms with Gasteiger partial charge in [-0.15, -0.1) is 0 Å². The quantitative estimate of drug-likeness (QED) is 0.305. The smallest absolute Gasteiger partial charge is 0.266 e. The van der Waals surface area contributed by atoms with Gasteiger partial charge in [0.1, 0.15) is 5.82 Å². The van der Waals surface area contributed by atoms with Gasteiger partial charge in [-0.2, -0.15) is 8.42 Å². The van der Waals surface area contributed by atoms with Crippen molar-refractivity contribution < 1.29 is 27.0 Å². The van der Waals surface area contributed by atoms with Crippen LogP contribution in [0.2, 0.25) is 5.02 Å². The summed E-state index contributed by atoms with van der Waals surface area (Å²) in [4.78, 5) is 25.7. The number of amides is 2. The Kier molecular flexibility index (Phi) is 9.30. The van der Waals surface area contributed by atoms with Crippen LogP contribution in [0.3, 0.4) is 0 Å². The van der Waals surface area contributed by atoms with Crippen molar-refractivity contribution in [1.82, 2.24) is 5.32 Å². The molecule has 0 fully saturated rings. The van der Waals surface area contributed by atoms with E-state index in [0.29, 0.717) is 12.0 Å². The van der Waals surface area contributed by atoms with Gasteiger partial charge < -0.3 is 10.6 Å². The Labute approximate surface area is 227 Å². The standard InChI is InChI=1S/C28H30ClFN2O5S/c1-28(2,3)21-10-8-19(9-11-21)25(27(34)32-24-16-22(29)15-23(30)17-24)14-18-4-6-20(7-5-18)26(33)31-12-13-38(35,36)37/h4-11,15-17,25H,12-14H2,1-3H3,(H,31,33)(H,32,34)(H,35,36,37). The SMILES string of the molecule is CC(C)(C)c1ccc(C(Cc2ccc(C(=O)NCCS(=O)(=O)O)cc2)C(=O)Nc2cc(F)cc(Cl)c2)cc1. The van der Waals surface area contributed by atoms with E-state index in [1.807, 2.05) is 24.3 Å². The molecule has 0 aliphatic rings. The zero-order valence-electron chi connectivity index (χ0n) is 21.3. The van der Waals surface area contributed by atoms with E-state index in [1.165, 1.54) is 12.1 Å². The first-order valence-corrected chi connectivity index (χ1v) is 13.9. The zero-order chi connectivity index (χ0) is 28.1. The van der Waals surface area contributed by atoms with Crippen molar-refractivity contribution in [3.8, 4) is 0 Å². The highest BCUT2D eigenvalue weighted by molar-refractivity contribution is 7.85. The van der Waals surface area contributed by atoms with Crippen molar-refractivity contribution in [3.05, 3.63) is 99.8 Å². The molecule has 0 bridgehead atoms. The number of nitrogens with one attached hydrogen (secondary N) is 2. The van der Waals surface area contributed by atoms with Crippen LogP contribution in [0.5, 0.6) is 0 Å². The molecule has 2 amide bonds. The van der Waals surface area contributed by atoms with E-state index in [1.54, 1.807) is 24.3 Å². The lowest BCUT2D eigenvalue weighted by Gasteiger charge is -2.22. The highest BCUT2D eigenvalue weighted by Gasteiger charge is 2.23. The molecule has 3 rings (SSSR count). The van der Waals surface area contributed by atoms with E-state index in [4.69, 9.17) is 16.2 Å². The lowest BCUT2D eigenvalue weighted by atomic mass is 9.84. The minimum Gasteiger partial charge on any atom is -0.351 e. The van der Waals surface area contributed by atoms with Crippen molar-refractivity contribution in [2.24, 2.45) is 0 Å². The first-order valence-electron chi connectivity index (χ1n) is 11.9. The van der Waals surface area contributed by atoms with E-state index in [9.17, 15) is 22.4 Å². The molecule has 3 aromatic carbocycles. The van der Waals surface area contributed by atoms with Crippen molar-refractivity contribution >= 4 is 39.2 Å². The molecule has 0 aliphatic heterocycles. The fraction of sp³-hybridized carbons (Fsp3) is 0.286. The number of anilines is 1. The summed E-state index contributed by atoms with van der Waals surface area (Å²) >= 11 is 5.95. The average molecular weight is 561 g/mol. The third-order valence-electron chi connectivity index (χ3n) is 5.93. The summed E-state index contributed by atoms with van der Waals surface area (Å²) in [5.74, 6) is -2.61. The van der Waals surface area contributed by atoms with E-state index in [0.717, 1.165) is 22.8 Å². The molecule has 7 nitrogen and oxygen atoms in total. The van der Waals surface area contributed by atoms with E-state index >= 15 is 0 Å². The second-order valence-corrected chi connectivity index (χ2v) is 12.0. The number of hydrogen-bond acceptors (Lipinski definition) is 4. The van der Waals surface area contributed by atoms with Gasteiger partial charge in [0.05, 0.1) is 11.7 Å². The Balaban J connectivity index is 1.82. The molecule has 0 saturated heterocycles. The normalized spacial score (nSPS) is 12.6. The van der Waals surface area contributed by atoms with E-state index in [-0.39, 0.29) is 28.6 Å². The fourth-order valence-corrected chi connectivity index (χ4v) is 4.44. The van der Waals surface area contributed by atoms with Gasteiger partial charge in [-0.3, -0.25) is 14.1 Å². The summed E-state index contributed by atoms with van der Waals surface area (Å²) in [5, 5.41) is 5.35. The lowest BCUT2D eigenvalue weighted by Crippen LogP contribution is -2.28. The van der Waals surface area contributed by atoms with Crippen LogP contribution in [0.1, 0.15) is 53.7 Å². The molecule has 0 aliphatic carbocycles. The maximum absolute atomic E-state index is 13.8. The van der Waals surface area contributed by atoms with E-state index in [2.05, 4.69) is 31.4 Å². The van der Waals surface area contributed by atoms with Crippen LogP contribution in [0.15, 0.2) is 66.7 Å². The Bertz CT molecular complexity index is 1380. The largest absolute Gasteiger partial charge is 0.351 e. The second kappa shape index (κ2) is 12.1. The van der Waals surface area contributed by atoms with Crippen LogP contribution in [0, 0.1) is 5.82 Å². The highest BCUT2D eigenvalue weighted by Crippen LogP contribution is 2.28. The van der Waals surface area contributed by atoms with Crippen LogP contribution in [-0.2, 0) is 26.7 Å². The van der Waals surface area contributed by atoms with Crippen LogP contribution in [-0.4, -0.2) is 37.1 Å². The molecule has 1 unspecified atom stereocenters. The molecule has 0 saturated carbocycles. The molecule has 38 heavy (non-hydrogen) atoms. The maximum Gasteiger partial charge on any atom is 0.266 e. The first-order chi connectivity index (χ1) is 17.7. The summed E-state index contributed by atoms with van der Waals surface area (Å²) in [6, 6.07) is 18.1. The minimum atomic E-state index is -4.18. The van der Waals surface area contributed by atoms with Crippen LogP contribution < -0.4 is 10.6 Å². The number of carbonyl (C=O) groups excluding carboxylic acids is 2. The number of hydrogen-bond donors (Lipinski definition) is 3. The molecule has 10 heteroatoms. The Hall–Kier alpha value is -3.27. The lowest BCUT2D eigenvalue weighted by molar-refractivity contribution is -0.117. The van der Waals surface area contributed by atoms with Crippen molar-refractivity contribution in [2.45, 2.75) is 38.5 Å². The fourth-order valence-electron chi connectivity index (χ4n) is 3.86. The zero-order valence-corrected chi connectivity index (χ0v) is 22.9. The molecular formula is C28H30ClFN2O5S. The predicted octanol–water partition coefficient (Wildman–Crippen LogP) is 5.36. The van der Waals surface area contributed by atoms with Crippen LogP contribution in [0.4, 0.5) is 10.1 Å². The molecule has 202 valence electrons. The number of halogens is 2. The predicted molar refractivity (Wildman–Crippen MR) is 147 cm³/mol. The Morgan fingerprint density at radius 1 is 1.00 bits per heavy atom. The van der Waals surface area contributed by atoms with Gasteiger partial charge in [0.25, 0.3) is 16.0 Å². The second-order valence-electron chi connectivity index (χ2n) is 10.0. The summed E-state index contributed by atoms with van der Waals surface area (Å²) in [7, 11) is -4.18. The molecule has 3 N–H and O–H groups in total. The number of carbonyl (C=O) groups is 2. The number of benzene rings is 3. The molecule has 0 radical (unpaired) electrons. The van der Waals surface area contributed by atoms with Crippen LogP contribution >= 0.6 is 11.6 Å². The molecule has 3 aromatic rings. The van der Waals surface area contributed by atoms with E-state index < -0.39 is 33.5 Å². The van der Waals surface area contributed by atoms with Crippen molar-refractivity contribution in [3.63, 3.8) is 0 Å². The Morgan fingerprint density at radius 3 is 2.18 bits per heavy atom. The molecular weight excluding hydrogens is 531 g/mol. The van der Waals surface area contributed by atoms with Gasteiger partial charge in [0.15, 0.2) is 0 Å². The van der Waals surface area contributed by atoms with Crippen molar-refractivity contribution in [1.29, 1.82) is 0 Å². The van der Waals surface area contributed by atoms with Gasteiger partial charge in [-0.1, -0.05) is 68.8 Å². The first kappa shape index (κ1) is 29.3. The summed E-state index contributed by atoms with van der Waals surface area (Å²) in [6.45, 7) is 6.07. The molecule has 0 spiro atoms. The Morgan fingerprint density at radius 2 is 1.63 bits per heavy atom. The average Bonchev–Trinajstić information content (AvgIpc) is 2.81. The third-order valence-corrected chi connectivity index (χ3v) is 6.87. The monoisotopic (exact) mass is 560 g/mol. The van der Waals surface area contributed by atoms with Crippen molar-refractivity contribution in [2.75, 3.05) is 17.6 Å². The maximum atomic E-state index is 13.8. The molecule has 0 heterocycles. The van der Waals surface area contributed by atoms with Gasteiger partial charge in [-0.25, -0.2) is 4.39 Å².